The Morgan fingerprint density at radius 1 is 0.963 bits per heavy atom. The van der Waals surface area contributed by atoms with Crippen LogP contribution in [0.3, 0.4) is 0 Å². The number of hydrogen-bond acceptors (Lipinski definition) is 3. The van der Waals surface area contributed by atoms with Gasteiger partial charge in [0, 0.05) is 30.9 Å². The number of benzene rings is 2. The average Bonchev–Trinajstić information content (AvgIpc) is 2.70. The van der Waals surface area contributed by atoms with Crippen molar-refractivity contribution < 1.29 is 14.3 Å². The predicted molar refractivity (Wildman–Crippen MR) is 106 cm³/mol. The van der Waals surface area contributed by atoms with E-state index < -0.39 is 11.8 Å². The number of carbonyl (C=O) groups is 2. The number of anilines is 1. The molecule has 5 heteroatoms. The molecule has 2 N–H and O–H groups in total. The molecule has 0 atom stereocenters. The highest BCUT2D eigenvalue weighted by Gasteiger charge is 2.35. The smallest absolute Gasteiger partial charge is 0.313 e. The number of amides is 2. The third-order valence-electron chi connectivity index (χ3n) is 5.39. The molecule has 3 rings (SSSR count). The molecule has 142 valence electrons. The molecule has 2 aromatic rings. The van der Waals surface area contributed by atoms with E-state index in [0.717, 1.165) is 24.0 Å². The summed E-state index contributed by atoms with van der Waals surface area (Å²) < 4.78 is 5.51. The zero-order chi connectivity index (χ0) is 19.3. The predicted octanol–water partition coefficient (Wildman–Crippen LogP) is 3.11. The minimum Gasteiger partial charge on any atom is -0.381 e. The normalized spacial score (nSPS) is 15.8. The summed E-state index contributed by atoms with van der Waals surface area (Å²) in [4.78, 5) is 24.6. The van der Waals surface area contributed by atoms with Gasteiger partial charge in [-0.15, -0.1) is 0 Å². The van der Waals surface area contributed by atoms with Crippen molar-refractivity contribution in [2.75, 3.05) is 25.1 Å². The van der Waals surface area contributed by atoms with Crippen LogP contribution >= 0.6 is 0 Å². The summed E-state index contributed by atoms with van der Waals surface area (Å²) >= 11 is 0. The van der Waals surface area contributed by atoms with Gasteiger partial charge in [0.1, 0.15) is 0 Å². The van der Waals surface area contributed by atoms with E-state index in [-0.39, 0.29) is 5.41 Å². The van der Waals surface area contributed by atoms with Gasteiger partial charge in [0.2, 0.25) is 0 Å². The van der Waals surface area contributed by atoms with Crippen molar-refractivity contribution in [2.24, 2.45) is 0 Å². The van der Waals surface area contributed by atoms with Crippen molar-refractivity contribution in [1.29, 1.82) is 0 Å². The molecule has 27 heavy (non-hydrogen) atoms. The fourth-order valence-electron chi connectivity index (χ4n) is 3.46. The molecule has 0 saturated carbocycles. The summed E-state index contributed by atoms with van der Waals surface area (Å²) in [6, 6.07) is 15.7. The summed E-state index contributed by atoms with van der Waals surface area (Å²) in [6.45, 7) is 5.70. The standard InChI is InChI=1S/C22H26N2O3/c1-16-8-9-19(14-17(16)2)24-21(26)20(25)23-15-22(10-12-27-13-11-22)18-6-4-3-5-7-18/h3-9,14H,10-13,15H2,1-2H3,(H,23,25)(H,24,26). The van der Waals surface area contributed by atoms with Crippen LogP contribution in [0.15, 0.2) is 48.5 Å². The number of nitrogens with one attached hydrogen (secondary N) is 2. The van der Waals surface area contributed by atoms with Crippen molar-refractivity contribution in [3.05, 3.63) is 65.2 Å². The van der Waals surface area contributed by atoms with Gasteiger partial charge in [0.25, 0.3) is 0 Å². The molecule has 0 radical (unpaired) electrons. The molecule has 1 aliphatic rings. The van der Waals surface area contributed by atoms with Gasteiger partial charge in [0.05, 0.1) is 0 Å². The maximum Gasteiger partial charge on any atom is 0.313 e. The molecule has 0 aromatic heterocycles. The molecule has 0 aliphatic carbocycles. The van der Waals surface area contributed by atoms with Crippen LogP contribution in [0.25, 0.3) is 0 Å². The van der Waals surface area contributed by atoms with E-state index in [1.807, 2.05) is 44.2 Å². The maximum atomic E-state index is 12.4. The molecule has 0 spiro atoms. The number of ether oxygens (including phenoxy) is 1. The highest BCUT2D eigenvalue weighted by atomic mass is 16.5. The van der Waals surface area contributed by atoms with Crippen molar-refractivity contribution in [3.8, 4) is 0 Å². The summed E-state index contributed by atoms with van der Waals surface area (Å²) in [5.74, 6) is -1.26. The topological polar surface area (TPSA) is 67.4 Å². The fourth-order valence-corrected chi connectivity index (χ4v) is 3.46. The Balaban J connectivity index is 1.65. The number of rotatable bonds is 4. The second-order valence-corrected chi connectivity index (χ2v) is 7.19. The summed E-state index contributed by atoms with van der Waals surface area (Å²) in [5, 5.41) is 5.51. The Bertz CT molecular complexity index is 812. The first kappa shape index (κ1) is 19.1. The van der Waals surface area contributed by atoms with Crippen LogP contribution in [0.1, 0.15) is 29.5 Å². The van der Waals surface area contributed by atoms with Gasteiger partial charge in [-0.25, -0.2) is 0 Å². The van der Waals surface area contributed by atoms with E-state index in [1.54, 1.807) is 6.07 Å². The van der Waals surface area contributed by atoms with E-state index in [9.17, 15) is 9.59 Å². The molecule has 2 aromatic carbocycles. The molecule has 0 bridgehead atoms. The minimum atomic E-state index is -0.645. The van der Waals surface area contributed by atoms with Gasteiger partial charge in [-0.1, -0.05) is 36.4 Å². The van der Waals surface area contributed by atoms with Gasteiger partial charge >= 0.3 is 11.8 Å². The Hall–Kier alpha value is -2.66. The van der Waals surface area contributed by atoms with Crippen molar-refractivity contribution in [2.45, 2.75) is 32.1 Å². The first-order valence-corrected chi connectivity index (χ1v) is 9.30. The Morgan fingerprint density at radius 2 is 1.67 bits per heavy atom. The minimum absolute atomic E-state index is 0.199. The van der Waals surface area contributed by atoms with Gasteiger partial charge in [-0.2, -0.15) is 0 Å². The first-order chi connectivity index (χ1) is 13.0. The van der Waals surface area contributed by atoms with E-state index in [1.165, 1.54) is 5.56 Å². The Kier molecular flexibility index (Phi) is 5.91. The zero-order valence-electron chi connectivity index (χ0n) is 15.9. The highest BCUT2D eigenvalue weighted by molar-refractivity contribution is 6.39. The van der Waals surface area contributed by atoms with E-state index in [0.29, 0.717) is 25.4 Å². The van der Waals surface area contributed by atoms with Gasteiger partial charge in [-0.05, 0) is 55.5 Å². The van der Waals surface area contributed by atoms with Crippen LogP contribution in [0.4, 0.5) is 5.69 Å². The SMILES string of the molecule is Cc1ccc(NC(=O)C(=O)NCC2(c3ccccc3)CCOCC2)cc1C. The van der Waals surface area contributed by atoms with Crippen molar-refractivity contribution in [1.82, 2.24) is 5.32 Å². The quantitative estimate of drug-likeness (QED) is 0.817. The lowest BCUT2D eigenvalue weighted by atomic mass is 9.74. The van der Waals surface area contributed by atoms with Crippen LogP contribution < -0.4 is 10.6 Å². The monoisotopic (exact) mass is 366 g/mol. The molecule has 1 saturated heterocycles. The summed E-state index contributed by atoms with van der Waals surface area (Å²) in [6.07, 6.45) is 1.63. The zero-order valence-corrected chi connectivity index (χ0v) is 15.9. The Labute approximate surface area is 160 Å². The molecule has 1 heterocycles. The number of aryl methyl sites for hydroxylation is 2. The molecular formula is C22H26N2O3. The lowest BCUT2D eigenvalue weighted by Gasteiger charge is -2.37. The van der Waals surface area contributed by atoms with Gasteiger partial charge in [0.15, 0.2) is 0 Å². The summed E-state index contributed by atoms with van der Waals surface area (Å²) in [7, 11) is 0. The number of hydrogen-bond donors (Lipinski definition) is 2. The van der Waals surface area contributed by atoms with E-state index >= 15 is 0 Å². The summed E-state index contributed by atoms with van der Waals surface area (Å²) in [5.41, 5.74) is 3.81. The second-order valence-electron chi connectivity index (χ2n) is 7.19. The lowest BCUT2D eigenvalue weighted by molar-refractivity contribution is -0.136. The van der Waals surface area contributed by atoms with Crippen LogP contribution in [0.2, 0.25) is 0 Å². The van der Waals surface area contributed by atoms with E-state index in [2.05, 4.69) is 22.8 Å². The highest BCUT2D eigenvalue weighted by Crippen LogP contribution is 2.34. The molecule has 1 fully saturated rings. The molecular weight excluding hydrogens is 340 g/mol. The molecule has 0 unspecified atom stereocenters. The largest absolute Gasteiger partial charge is 0.381 e. The Morgan fingerprint density at radius 3 is 2.33 bits per heavy atom. The third-order valence-corrected chi connectivity index (χ3v) is 5.39. The van der Waals surface area contributed by atoms with Crippen LogP contribution in [-0.4, -0.2) is 31.6 Å². The van der Waals surface area contributed by atoms with Crippen LogP contribution in [0.5, 0.6) is 0 Å². The van der Waals surface area contributed by atoms with Gasteiger partial charge < -0.3 is 15.4 Å². The third kappa shape index (κ3) is 4.55. The van der Waals surface area contributed by atoms with Crippen molar-refractivity contribution >= 4 is 17.5 Å². The second kappa shape index (κ2) is 8.35. The van der Waals surface area contributed by atoms with Crippen LogP contribution in [-0.2, 0) is 19.7 Å². The molecule has 5 nitrogen and oxygen atoms in total. The number of carbonyl (C=O) groups excluding carboxylic acids is 2. The van der Waals surface area contributed by atoms with Crippen molar-refractivity contribution in [3.63, 3.8) is 0 Å². The first-order valence-electron chi connectivity index (χ1n) is 9.30. The van der Waals surface area contributed by atoms with Gasteiger partial charge in [-0.3, -0.25) is 9.59 Å². The average molecular weight is 366 g/mol. The molecule has 1 aliphatic heterocycles. The fraction of sp³-hybridized carbons (Fsp3) is 0.364. The van der Waals surface area contributed by atoms with Crippen LogP contribution in [0, 0.1) is 13.8 Å². The van der Waals surface area contributed by atoms with E-state index in [4.69, 9.17) is 4.74 Å². The molecule has 2 amide bonds. The lowest BCUT2D eigenvalue weighted by Crippen LogP contribution is -2.47. The maximum absolute atomic E-state index is 12.4.